The summed E-state index contributed by atoms with van der Waals surface area (Å²) in [5.74, 6) is 0. The topological polar surface area (TPSA) is 17.0 Å². The molecular weight excluding hydrogens is 864 g/mol. The zero-order chi connectivity index (χ0) is 47.4. The van der Waals surface area contributed by atoms with Crippen LogP contribution in [0.2, 0.25) is 0 Å². The lowest BCUT2D eigenvalue weighted by molar-refractivity contribution is 0.590. The molecule has 4 heteroatoms. The number of hydrogen-bond acceptors (Lipinski definition) is 2. The van der Waals surface area contributed by atoms with Gasteiger partial charge in [-0.1, -0.05) is 187 Å². The fourth-order valence-corrected chi connectivity index (χ4v) is 13.8. The smallest absolute Gasteiger partial charge is 0.197 e. The molecule has 1 aliphatic heterocycles. The SMILES string of the molecule is CC(C)(C)c1ccc(Nc2cc3c(cc2-c2ccc4c5cc6c(cc5n5c4c2[B]c2cc4sc(-c7ccccc7)c(-c7ccccc7)c4cc2-5)C(C)(C)c2ccccc2-6)-c2ccccc2C3(C)C)cc1. The van der Waals surface area contributed by atoms with E-state index in [2.05, 4.69) is 248 Å². The van der Waals surface area contributed by atoms with Crippen molar-refractivity contribution in [2.75, 3.05) is 5.32 Å². The van der Waals surface area contributed by atoms with Gasteiger partial charge in [0.15, 0.2) is 7.28 Å². The summed E-state index contributed by atoms with van der Waals surface area (Å²) >= 11 is 1.91. The summed E-state index contributed by atoms with van der Waals surface area (Å²) < 4.78 is 3.92. The first kappa shape index (κ1) is 41.6. The fourth-order valence-electron chi connectivity index (χ4n) is 12.5. The first-order chi connectivity index (χ1) is 33.8. The van der Waals surface area contributed by atoms with Crippen LogP contribution in [0.25, 0.3) is 92.5 Å². The third-order valence-electron chi connectivity index (χ3n) is 16.2. The molecule has 0 atom stereocenters. The molecule has 2 nitrogen and oxygen atoms in total. The van der Waals surface area contributed by atoms with Gasteiger partial charge in [0.05, 0.1) is 5.52 Å². The van der Waals surface area contributed by atoms with Gasteiger partial charge in [0, 0.05) is 70.3 Å². The molecule has 2 aliphatic carbocycles. The van der Waals surface area contributed by atoms with Crippen molar-refractivity contribution in [1.29, 1.82) is 0 Å². The van der Waals surface area contributed by atoms with Crippen LogP contribution >= 0.6 is 11.3 Å². The predicted octanol–water partition coefficient (Wildman–Crippen LogP) is 16.6. The van der Waals surface area contributed by atoms with Crippen molar-refractivity contribution in [3.8, 4) is 60.6 Å². The standard InChI is InChI=1S/C66H52BN2S/c1-64(2,3)40-26-28-41(29-27-40)68-56-35-53-46(42-22-14-16-24-51(42)65(53,4)5)32-48(56)44-30-31-45-49-33-47-43-23-15-17-25-52(43)66(6,7)54(47)36-57(49)69-58-34-50-59(37-55(58)67-61(44)62(45)69)70-63(39-20-12-9-13-21-39)60(50)38-18-10-8-11-19-38/h8-37,68H,1-7H3. The highest BCUT2D eigenvalue weighted by Crippen LogP contribution is 2.54. The van der Waals surface area contributed by atoms with Crippen LogP contribution in [0.3, 0.4) is 0 Å². The second-order valence-electron chi connectivity index (χ2n) is 22.0. The van der Waals surface area contributed by atoms with Crippen molar-refractivity contribution >= 4 is 72.8 Å². The van der Waals surface area contributed by atoms with Crippen LogP contribution in [0.5, 0.6) is 0 Å². The summed E-state index contributed by atoms with van der Waals surface area (Å²) in [7, 11) is 2.51. The van der Waals surface area contributed by atoms with Crippen molar-refractivity contribution in [2.45, 2.75) is 64.7 Å². The van der Waals surface area contributed by atoms with Gasteiger partial charge in [0.25, 0.3) is 0 Å². The lowest BCUT2D eigenvalue weighted by Gasteiger charge is -2.26. The van der Waals surface area contributed by atoms with Gasteiger partial charge < -0.3 is 9.88 Å². The van der Waals surface area contributed by atoms with Crippen LogP contribution in [-0.4, -0.2) is 11.8 Å². The molecule has 0 bridgehead atoms. The Balaban J connectivity index is 1.07. The lowest BCUT2D eigenvalue weighted by Crippen LogP contribution is -2.37. The Morgan fingerprint density at radius 3 is 1.79 bits per heavy atom. The minimum absolute atomic E-state index is 0.0654. The Labute approximate surface area is 415 Å². The normalized spacial score (nSPS) is 14.6. The Bertz CT molecular complexity index is 4010. The Hall–Kier alpha value is -7.40. The van der Waals surface area contributed by atoms with E-state index in [1.807, 2.05) is 11.3 Å². The molecule has 3 aliphatic rings. The number of rotatable bonds is 5. The lowest BCUT2D eigenvalue weighted by atomic mass is 9.59. The van der Waals surface area contributed by atoms with E-state index in [0.717, 1.165) is 11.4 Å². The average molecular weight is 916 g/mol. The number of benzene rings is 9. The van der Waals surface area contributed by atoms with Crippen molar-refractivity contribution in [3.63, 3.8) is 0 Å². The van der Waals surface area contributed by atoms with Gasteiger partial charge in [0.1, 0.15) is 0 Å². The highest BCUT2D eigenvalue weighted by atomic mass is 32.1. The molecule has 11 aromatic rings. The van der Waals surface area contributed by atoms with E-state index in [-0.39, 0.29) is 16.2 Å². The molecule has 0 fully saturated rings. The Morgan fingerprint density at radius 2 is 1.11 bits per heavy atom. The number of fused-ring (bicyclic) bond motifs is 12. The van der Waals surface area contributed by atoms with E-state index >= 15 is 0 Å². The zero-order valence-electron chi connectivity index (χ0n) is 40.8. The average Bonchev–Trinajstić information content (AvgIpc) is 4.04. The number of nitrogens with zero attached hydrogens (tertiary/aromatic N) is 1. The maximum atomic E-state index is 4.02. The molecule has 70 heavy (non-hydrogen) atoms. The molecule has 3 heterocycles. The van der Waals surface area contributed by atoms with E-state index in [0.29, 0.717) is 0 Å². The molecule has 0 spiro atoms. The number of anilines is 2. The number of thiophene rings is 1. The minimum Gasteiger partial charge on any atom is -0.355 e. The summed E-state index contributed by atoms with van der Waals surface area (Å²) in [5, 5.41) is 7.87. The summed E-state index contributed by atoms with van der Waals surface area (Å²) in [6.45, 7) is 16.4. The Morgan fingerprint density at radius 1 is 0.500 bits per heavy atom. The molecule has 1 radical (unpaired) electrons. The Kier molecular flexibility index (Phi) is 8.65. The highest BCUT2D eigenvalue weighted by Gasteiger charge is 2.39. The van der Waals surface area contributed by atoms with Gasteiger partial charge in [-0.3, -0.25) is 0 Å². The van der Waals surface area contributed by atoms with Crippen LogP contribution in [0.15, 0.2) is 182 Å². The second kappa shape index (κ2) is 14.6. The molecule has 0 amide bonds. The van der Waals surface area contributed by atoms with Gasteiger partial charge in [-0.15, -0.1) is 11.3 Å². The third-order valence-corrected chi connectivity index (χ3v) is 17.4. The maximum absolute atomic E-state index is 4.02. The monoisotopic (exact) mass is 915 g/mol. The first-order valence-corrected chi connectivity index (χ1v) is 25.6. The van der Waals surface area contributed by atoms with Crippen LogP contribution in [0, 0.1) is 0 Å². The van der Waals surface area contributed by atoms with Gasteiger partial charge >= 0.3 is 0 Å². The first-order valence-electron chi connectivity index (χ1n) is 24.8. The summed E-state index contributed by atoms with van der Waals surface area (Å²) in [4.78, 5) is 1.30. The van der Waals surface area contributed by atoms with Crippen molar-refractivity contribution in [1.82, 2.24) is 4.57 Å². The van der Waals surface area contributed by atoms with Crippen molar-refractivity contribution < 1.29 is 0 Å². The number of aromatic nitrogens is 1. The van der Waals surface area contributed by atoms with E-state index in [1.165, 1.54) is 131 Å². The minimum atomic E-state index is -0.150. The maximum Gasteiger partial charge on any atom is 0.197 e. The van der Waals surface area contributed by atoms with E-state index < -0.39 is 0 Å². The van der Waals surface area contributed by atoms with Crippen LogP contribution in [0.4, 0.5) is 11.4 Å². The second-order valence-corrected chi connectivity index (χ2v) is 23.1. The van der Waals surface area contributed by atoms with Crippen LogP contribution in [-0.2, 0) is 16.2 Å². The molecule has 0 saturated heterocycles. The summed E-state index contributed by atoms with van der Waals surface area (Å²) in [6, 6.07) is 68.9. The number of nitrogens with one attached hydrogen (secondary N) is 1. The van der Waals surface area contributed by atoms with Gasteiger partial charge in [0.2, 0.25) is 0 Å². The largest absolute Gasteiger partial charge is 0.355 e. The quantitative estimate of drug-likeness (QED) is 0.170. The molecule has 1 N–H and O–H groups in total. The number of hydrogen-bond donors (Lipinski definition) is 1. The molecule has 0 saturated carbocycles. The predicted molar refractivity (Wildman–Crippen MR) is 301 cm³/mol. The summed E-state index contributed by atoms with van der Waals surface area (Å²) in [6.07, 6.45) is 0. The van der Waals surface area contributed by atoms with E-state index in [9.17, 15) is 0 Å². The molecule has 14 rings (SSSR count). The molecule has 9 aromatic carbocycles. The van der Waals surface area contributed by atoms with Gasteiger partial charge in [-0.05, 0) is 126 Å². The summed E-state index contributed by atoms with van der Waals surface area (Å²) in [5.41, 5.74) is 26.6. The van der Waals surface area contributed by atoms with Crippen LogP contribution < -0.4 is 16.2 Å². The van der Waals surface area contributed by atoms with Crippen molar-refractivity contribution in [2.24, 2.45) is 0 Å². The van der Waals surface area contributed by atoms with Gasteiger partial charge in [-0.2, -0.15) is 0 Å². The fraction of sp³-hybridized carbons (Fsp3) is 0.152. The molecule has 0 unspecified atom stereocenters. The van der Waals surface area contributed by atoms with E-state index in [1.54, 1.807) is 0 Å². The van der Waals surface area contributed by atoms with Crippen LogP contribution in [0.1, 0.15) is 76.3 Å². The van der Waals surface area contributed by atoms with Gasteiger partial charge in [-0.25, -0.2) is 0 Å². The molecule has 335 valence electrons. The van der Waals surface area contributed by atoms with E-state index in [4.69, 9.17) is 0 Å². The molecule has 2 aromatic heterocycles. The third kappa shape index (κ3) is 5.86. The zero-order valence-corrected chi connectivity index (χ0v) is 41.6. The highest BCUT2D eigenvalue weighted by molar-refractivity contribution is 7.23. The van der Waals surface area contributed by atoms with Crippen molar-refractivity contribution in [3.05, 3.63) is 210 Å². The molecular formula is C66H52BN2S.